The van der Waals surface area contributed by atoms with Crippen molar-refractivity contribution in [2.45, 2.75) is 39.5 Å². The molecule has 0 unspecified atom stereocenters. The van der Waals surface area contributed by atoms with Gasteiger partial charge in [0.15, 0.2) is 0 Å². The molecule has 0 radical (unpaired) electrons. The molecule has 13 heavy (non-hydrogen) atoms. The summed E-state index contributed by atoms with van der Waals surface area (Å²) in [5.74, 6) is 0.403. The summed E-state index contributed by atoms with van der Waals surface area (Å²) in [6, 6.07) is 0. The molecule has 0 atom stereocenters. The Kier molecular flexibility index (Phi) is 8.92. The van der Waals surface area contributed by atoms with Crippen molar-refractivity contribution in [2.24, 2.45) is 5.92 Å². The molecule has 0 aromatic carbocycles. The first-order valence-corrected chi connectivity index (χ1v) is 6.41. The molecule has 0 saturated heterocycles. The summed E-state index contributed by atoms with van der Waals surface area (Å²) in [6.45, 7) is 4.65. The molecule has 0 amide bonds. The maximum absolute atomic E-state index is 11.1. The van der Waals surface area contributed by atoms with Gasteiger partial charge < -0.3 is 4.74 Å². The van der Waals surface area contributed by atoms with Gasteiger partial charge in [-0.15, -0.1) is 0 Å². The number of carbonyl (C=O) groups excluding carboxylic acids is 1. The number of rotatable bonds is 7. The lowest BCUT2D eigenvalue weighted by atomic mass is 10.2. The van der Waals surface area contributed by atoms with Crippen LogP contribution >= 0.6 is 22.6 Å². The highest BCUT2D eigenvalue weighted by atomic mass is 127. The summed E-state index contributed by atoms with van der Waals surface area (Å²) in [5.41, 5.74) is 0. The molecule has 0 aromatic heterocycles. The molecule has 0 aliphatic heterocycles. The van der Waals surface area contributed by atoms with Crippen LogP contribution in [0.15, 0.2) is 0 Å². The molecule has 0 aromatic rings. The topological polar surface area (TPSA) is 26.3 Å². The SMILES string of the molecule is CC(C)COC(=O)CCCCCI. The highest BCUT2D eigenvalue weighted by Crippen LogP contribution is 2.04. The van der Waals surface area contributed by atoms with E-state index in [4.69, 9.17) is 4.74 Å². The first kappa shape index (κ1) is 13.2. The number of hydrogen-bond donors (Lipinski definition) is 0. The molecule has 0 fully saturated rings. The van der Waals surface area contributed by atoms with Gasteiger partial charge >= 0.3 is 5.97 Å². The fourth-order valence-electron chi connectivity index (χ4n) is 0.872. The third-order valence-electron chi connectivity index (χ3n) is 1.59. The Balaban J connectivity index is 3.20. The smallest absolute Gasteiger partial charge is 0.305 e. The molecule has 0 spiro atoms. The molecule has 0 rings (SSSR count). The Hall–Kier alpha value is 0.200. The lowest BCUT2D eigenvalue weighted by molar-refractivity contribution is -0.144. The predicted molar refractivity (Wildman–Crippen MR) is 63.2 cm³/mol. The van der Waals surface area contributed by atoms with E-state index in [-0.39, 0.29) is 5.97 Å². The average Bonchev–Trinajstić information content (AvgIpc) is 2.09. The monoisotopic (exact) mass is 298 g/mol. The van der Waals surface area contributed by atoms with Crippen LogP contribution in [-0.2, 0) is 9.53 Å². The summed E-state index contributed by atoms with van der Waals surface area (Å²) in [4.78, 5) is 11.1. The molecule has 3 heteroatoms. The Morgan fingerprint density at radius 3 is 2.54 bits per heavy atom. The van der Waals surface area contributed by atoms with Crippen LogP contribution in [0.3, 0.4) is 0 Å². The fraction of sp³-hybridized carbons (Fsp3) is 0.900. The summed E-state index contributed by atoms with van der Waals surface area (Å²) >= 11 is 2.35. The lowest BCUT2D eigenvalue weighted by Crippen LogP contribution is -2.09. The molecule has 0 heterocycles. The van der Waals surface area contributed by atoms with Crippen molar-refractivity contribution in [3.05, 3.63) is 0 Å². The van der Waals surface area contributed by atoms with Crippen LogP contribution in [0.2, 0.25) is 0 Å². The van der Waals surface area contributed by atoms with Crippen molar-refractivity contribution in [1.29, 1.82) is 0 Å². The van der Waals surface area contributed by atoms with Crippen molar-refractivity contribution in [3.8, 4) is 0 Å². The molecule has 0 N–H and O–H groups in total. The highest BCUT2D eigenvalue weighted by Gasteiger charge is 2.03. The third kappa shape index (κ3) is 10.1. The molecule has 0 saturated carbocycles. The van der Waals surface area contributed by atoms with Gasteiger partial charge in [-0.25, -0.2) is 0 Å². The number of ether oxygens (including phenoxy) is 1. The molecule has 0 bridgehead atoms. The lowest BCUT2D eigenvalue weighted by Gasteiger charge is -2.06. The maximum Gasteiger partial charge on any atom is 0.305 e. The normalized spacial score (nSPS) is 10.5. The Bertz CT molecular complexity index is 135. The standard InChI is InChI=1S/C10H19IO2/c1-9(2)8-13-10(12)6-4-3-5-7-11/h9H,3-8H2,1-2H3. The summed E-state index contributed by atoms with van der Waals surface area (Å²) in [7, 11) is 0. The largest absolute Gasteiger partial charge is 0.465 e. The number of esters is 1. The van der Waals surface area contributed by atoms with Gasteiger partial charge in [-0.2, -0.15) is 0 Å². The van der Waals surface area contributed by atoms with Crippen LogP contribution in [0.5, 0.6) is 0 Å². The quantitative estimate of drug-likeness (QED) is 0.312. The Morgan fingerprint density at radius 1 is 1.31 bits per heavy atom. The van der Waals surface area contributed by atoms with E-state index in [0.717, 1.165) is 12.8 Å². The second kappa shape index (κ2) is 8.78. The first-order chi connectivity index (χ1) is 6.16. The summed E-state index contributed by atoms with van der Waals surface area (Å²) in [6.07, 6.45) is 3.90. The van der Waals surface area contributed by atoms with Gasteiger partial charge in [-0.3, -0.25) is 4.79 Å². The van der Waals surface area contributed by atoms with Crippen LogP contribution < -0.4 is 0 Å². The molecular weight excluding hydrogens is 279 g/mol. The van der Waals surface area contributed by atoms with E-state index in [1.807, 2.05) is 13.8 Å². The number of unbranched alkanes of at least 4 members (excludes halogenated alkanes) is 2. The first-order valence-electron chi connectivity index (χ1n) is 4.88. The van der Waals surface area contributed by atoms with Gasteiger partial charge in [0.1, 0.15) is 0 Å². The minimum Gasteiger partial charge on any atom is -0.465 e. The van der Waals surface area contributed by atoms with Crippen molar-refractivity contribution < 1.29 is 9.53 Å². The molecular formula is C10H19IO2. The van der Waals surface area contributed by atoms with E-state index >= 15 is 0 Å². The van der Waals surface area contributed by atoms with E-state index in [2.05, 4.69) is 22.6 Å². The second-order valence-corrected chi connectivity index (χ2v) is 4.66. The Morgan fingerprint density at radius 2 is 2.00 bits per heavy atom. The summed E-state index contributed by atoms with van der Waals surface area (Å²) in [5, 5.41) is 0. The van der Waals surface area contributed by atoms with Crippen LogP contribution in [0.1, 0.15) is 39.5 Å². The highest BCUT2D eigenvalue weighted by molar-refractivity contribution is 14.1. The van der Waals surface area contributed by atoms with E-state index in [1.165, 1.54) is 10.8 Å². The van der Waals surface area contributed by atoms with Crippen molar-refractivity contribution in [2.75, 3.05) is 11.0 Å². The number of carbonyl (C=O) groups is 1. The molecule has 0 aliphatic carbocycles. The minimum absolute atomic E-state index is 0.0397. The second-order valence-electron chi connectivity index (χ2n) is 3.58. The fourth-order valence-corrected chi connectivity index (χ4v) is 1.41. The summed E-state index contributed by atoms with van der Waals surface area (Å²) < 4.78 is 6.22. The van der Waals surface area contributed by atoms with Gasteiger partial charge in [0.05, 0.1) is 6.61 Å². The van der Waals surface area contributed by atoms with E-state index in [1.54, 1.807) is 0 Å². The Labute approximate surface area is 94.6 Å². The third-order valence-corrected chi connectivity index (χ3v) is 2.35. The zero-order valence-corrected chi connectivity index (χ0v) is 10.7. The van der Waals surface area contributed by atoms with Crippen LogP contribution in [-0.4, -0.2) is 17.0 Å². The van der Waals surface area contributed by atoms with E-state index in [9.17, 15) is 4.79 Å². The van der Waals surface area contributed by atoms with Crippen molar-refractivity contribution in [3.63, 3.8) is 0 Å². The van der Waals surface area contributed by atoms with Gasteiger partial charge in [0.25, 0.3) is 0 Å². The van der Waals surface area contributed by atoms with Crippen LogP contribution in [0.4, 0.5) is 0 Å². The number of halogens is 1. The van der Waals surface area contributed by atoms with Gasteiger partial charge in [0.2, 0.25) is 0 Å². The molecule has 2 nitrogen and oxygen atoms in total. The van der Waals surface area contributed by atoms with E-state index < -0.39 is 0 Å². The predicted octanol–water partition coefficient (Wildman–Crippen LogP) is 3.18. The maximum atomic E-state index is 11.1. The molecule has 78 valence electrons. The zero-order chi connectivity index (χ0) is 10.1. The van der Waals surface area contributed by atoms with Gasteiger partial charge in [0, 0.05) is 6.42 Å². The van der Waals surface area contributed by atoms with Crippen LogP contribution in [0.25, 0.3) is 0 Å². The van der Waals surface area contributed by atoms with Gasteiger partial charge in [-0.05, 0) is 23.2 Å². The number of hydrogen-bond acceptors (Lipinski definition) is 2. The van der Waals surface area contributed by atoms with Crippen molar-refractivity contribution in [1.82, 2.24) is 0 Å². The van der Waals surface area contributed by atoms with Crippen molar-refractivity contribution >= 4 is 28.6 Å². The zero-order valence-electron chi connectivity index (χ0n) is 8.51. The minimum atomic E-state index is -0.0397. The average molecular weight is 298 g/mol. The van der Waals surface area contributed by atoms with E-state index in [0.29, 0.717) is 18.9 Å². The van der Waals surface area contributed by atoms with Gasteiger partial charge in [-0.1, -0.05) is 42.9 Å². The number of alkyl halides is 1. The molecule has 0 aliphatic rings. The van der Waals surface area contributed by atoms with Crippen LogP contribution in [0, 0.1) is 5.92 Å².